The second-order valence-electron chi connectivity index (χ2n) is 6.14. The first kappa shape index (κ1) is 10.6. The van der Waals surface area contributed by atoms with E-state index in [2.05, 4.69) is 11.0 Å². The summed E-state index contributed by atoms with van der Waals surface area (Å²) in [5, 5.41) is 8.88. The first-order valence-corrected chi connectivity index (χ1v) is 6.97. The third-order valence-corrected chi connectivity index (χ3v) is 5.15. The fraction of sp³-hybridized carbons (Fsp3) is 0.929. The summed E-state index contributed by atoms with van der Waals surface area (Å²) >= 11 is 0. The van der Waals surface area contributed by atoms with Gasteiger partial charge in [-0.3, -0.25) is 0 Å². The van der Waals surface area contributed by atoms with E-state index in [1.807, 2.05) is 0 Å². The molecule has 0 N–H and O–H groups in total. The minimum atomic E-state index is 0.344. The summed E-state index contributed by atoms with van der Waals surface area (Å²) in [4.78, 5) is 2.62. The van der Waals surface area contributed by atoms with Gasteiger partial charge in [-0.2, -0.15) is 5.26 Å². The molecule has 1 heterocycles. The fourth-order valence-corrected chi connectivity index (χ4v) is 4.18. The Labute approximate surface area is 98.6 Å². The number of hydrogen-bond acceptors (Lipinski definition) is 2. The van der Waals surface area contributed by atoms with Crippen molar-refractivity contribution in [3.8, 4) is 6.07 Å². The van der Waals surface area contributed by atoms with Crippen LogP contribution in [0.3, 0.4) is 0 Å². The summed E-state index contributed by atoms with van der Waals surface area (Å²) in [6, 6.07) is 2.42. The van der Waals surface area contributed by atoms with Gasteiger partial charge in [0.05, 0.1) is 6.07 Å². The van der Waals surface area contributed by atoms with E-state index in [4.69, 9.17) is 5.26 Å². The molecule has 2 saturated carbocycles. The third kappa shape index (κ3) is 1.98. The van der Waals surface area contributed by atoms with Gasteiger partial charge in [0.2, 0.25) is 0 Å². The van der Waals surface area contributed by atoms with Gasteiger partial charge in [-0.25, -0.2) is 0 Å². The van der Waals surface area contributed by atoms with Crippen molar-refractivity contribution >= 4 is 0 Å². The second kappa shape index (κ2) is 4.37. The number of hydrogen-bond donors (Lipinski definition) is 0. The molecular formula is C14H22N2. The smallest absolute Gasteiger partial charge is 0.0656 e. The molecule has 16 heavy (non-hydrogen) atoms. The monoisotopic (exact) mass is 218 g/mol. The van der Waals surface area contributed by atoms with E-state index in [0.717, 1.165) is 30.6 Å². The first-order chi connectivity index (χ1) is 7.85. The maximum atomic E-state index is 8.88. The Balaban J connectivity index is 1.48. The minimum Gasteiger partial charge on any atom is -0.303 e. The Hall–Kier alpha value is -0.550. The molecular weight excluding hydrogens is 196 g/mol. The summed E-state index contributed by atoms with van der Waals surface area (Å²) in [5.74, 6) is 3.47. The van der Waals surface area contributed by atoms with Crippen molar-refractivity contribution in [2.24, 2.45) is 23.7 Å². The summed E-state index contributed by atoms with van der Waals surface area (Å²) < 4.78 is 0. The number of likely N-dealkylation sites (tertiary alicyclic amines) is 1. The summed E-state index contributed by atoms with van der Waals surface area (Å²) in [6.07, 6.45) is 8.26. The van der Waals surface area contributed by atoms with Crippen molar-refractivity contribution in [2.75, 3.05) is 19.6 Å². The van der Waals surface area contributed by atoms with E-state index in [-0.39, 0.29) is 0 Å². The largest absolute Gasteiger partial charge is 0.303 e. The van der Waals surface area contributed by atoms with Crippen molar-refractivity contribution in [1.29, 1.82) is 5.26 Å². The highest BCUT2D eigenvalue weighted by molar-refractivity contribution is 4.93. The van der Waals surface area contributed by atoms with Gasteiger partial charge < -0.3 is 4.90 Å². The number of rotatable bonds is 2. The molecule has 3 unspecified atom stereocenters. The summed E-state index contributed by atoms with van der Waals surface area (Å²) in [7, 11) is 0. The standard InChI is InChI=1S/C14H22N2/c15-9-11-3-5-16(6-4-11)10-14-8-12-1-2-13(14)7-12/h11-14H,1-8,10H2. The van der Waals surface area contributed by atoms with Crippen LogP contribution in [0.2, 0.25) is 0 Å². The zero-order chi connectivity index (χ0) is 11.0. The molecule has 0 spiro atoms. The van der Waals surface area contributed by atoms with E-state index >= 15 is 0 Å². The zero-order valence-corrected chi connectivity index (χ0v) is 10.1. The highest BCUT2D eigenvalue weighted by Gasteiger charge is 2.40. The maximum Gasteiger partial charge on any atom is 0.0656 e. The topological polar surface area (TPSA) is 27.0 Å². The van der Waals surface area contributed by atoms with Crippen molar-refractivity contribution < 1.29 is 0 Å². The zero-order valence-electron chi connectivity index (χ0n) is 10.1. The average Bonchev–Trinajstić information content (AvgIpc) is 2.92. The van der Waals surface area contributed by atoms with E-state index in [9.17, 15) is 0 Å². The van der Waals surface area contributed by atoms with Crippen LogP contribution in [0.25, 0.3) is 0 Å². The molecule has 3 fully saturated rings. The first-order valence-electron chi connectivity index (χ1n) is 6.97. The lowest BCUT2D eigenvalue weighted by molar-refractivity contribution is 0.152. The maximum absolute atomic E-state index is 8.88. The fourth-order valence-electron chi connectivity index (χ4n) is 4.18. The molecule has 2 nitrogen and oxygen atoms in total. The lowest BCUT2D eigenvalue weighted by Crippen LogP contribution is -2.38. The van der Waals surface area contributed by atoms with Crippen LogP contribution >= 0.6 is 0 Å². The van der Waals surface area contributed by atoms with Crippen LogP contribution in [0, 0.1) is 35.0 Å². The number of fused-ring (bicyclic) bond motifs is 2. The molecule has 1 saturated heterocycles. The van der Waals surface area contributed by atoms with Gasteiger partial charge in [0.1, 0.15) is 0 Å². The van der Waals surface area contributed by atoms with Crippen molar-refractivity contribution in [1.82, 2.24) is 4.90 Å². The molecule has 0 radical (unpaired) electrons. The van der Waals surface area contributed by atoms with Gasteiger partial charge in [0.15, 0.2) is 0 Å². The average molecular weight is 218 g/mol. The minimum absolute atomic E-state index is 0.344. The molecule has 3 aliphatic rings. The summed E-state index contributed by atoms with van der Waals surface area (Å²) in [5.41, 5.74) is 0. The number of nitriles is 1. The van der Waals surface area contributed by atoms with Crippen LogP contribution < -0.4 is 0 Å². The molecule has 0 aromatic rings. The van der Waals surface area contributed by atoms with E-state index in [0.29, 0.717) is 5.92 Å². The molecule has 88 valence electrons. The Morgan fingerprint density at radius 1 is 1.06 bits per heavy atom. The van der Waals surface area contributed by atoms with Gasteiger partial charge in [-0.1, -0.05) is 6.42 Å². The van der Waals surface area contributed by atoms with Crippen LogP contribution in [0.15, 0.2) is 0 Å². The highest BCUT2D eigenvalue weighted by atomic mass is 15.1. The predicted octanol–water partition coefficient (Wildman–Crippen LogP) is 2.66. The van der Waals surface area contributed by atoms with Crippen molar-refractivity contribution in [3.05, 3.63) is 0 Å². The molecule has 2 bridgehead atoms. The second-order valence-corrected chi connectivity index (χ2v) is 6.14. The third-order valence-electron chi connectivity index (χ3n) is 5.15. The van der Waals surface area contributed by atoms with Gasteiger partial charge in [-0.15, -0.1) is 0 Å². The molecule has 0 aromatic carbocycles. The molecule has 1 aliphatic heterocycles. The van der Waals surface area contributed by atoms with Crippen LogP contribution in [0.1, 0.15) is 38.5 Å². The number of nitrogens with zero attached hydrogens (tertiary/aromatic N) is 2. The summed E-state index contributed by atoms with van der Waals surface area (Å²) in [6.45, 7) is 3.68. The Morgan fingerprint density at radius 3 is 2.44 bits per heavy atom. The molecule has 0 aromatic heterocycles. The quantitative estimate of drug-likeness (QED) is 0.712. The van der Waals surface area contributed by atoms with E-state index in [1.165, 1.54) is 45.3 Å². The predicted molar refractivity (Wildman–Crippen MR) is 63.7 cm³/mol. The molecule has 3 rings (SSSR count). The SMILES string of the molecule is N#CC1CCN(CC2CC3CCC2C3)CC1. The molecule has 2 aliphatic carbocycles. The van der Waals surface area contributed by atoms with Crippen LogP contribution in [-0.2, 0) is 0 Å². The Kier molecular flexibility index (Phi) is 2.90. The van der Waals surface area contributed by atoms with Crippen molar-refractivity contribution in [2.45, 2.75) is 38.5 Å². The molecule has 0 amide bonds. The molecule has 2 heteroatoms. The van der Waals surface area contributed by atoms with Crippen molar-refractivity contribution in [3.63, 3.8) is 0 Å². The van der Waals surface area contributed by atoms with Crippen LogP contribution in [-0.4, -0.2) is 24.5 Å². The number of piperidine rings is 1. The van der Waals surface area contributed by atoms with E-state index in [1.54, 1.807) is 0 Å². The van der Waals surface area contributed by atoms with Gasteiger partial charge in [0, 0.05) is 12.5 Å². The lowest BCUT2D eigenvalue weighted by atomic mass is 9.87. The van der Waals surface area contributed by atoms with Gasteiger partial charge >= 0.3 is 0 Å². The van der Waals surface area contributed by atoms with E-state index < -0.39 is 0 Å². The van der Waals surface area contributed by atoms with Gasteiger partial charge in [-0.05, 0) is 62.9 Å². The van der Waals surface area contributed by atoms with Crippen LogP contribution in [0.5, 0.6) is 0 Å². The van der Waals surface area contributed by atoms with Crippen LogP contribution in [0.4, 0.5) is 0 Å². The Bertz CT molecular complexity index is 286. The highest BCUT2D eigenvalue weighted by Crippen LogP contribution is 2.48. The van der Waals surface area contributed by atoms with Gasteiger partial charge in [0.25, 0.3) is 0 Å². The Morgan fingerprint density at radius 2 is 1.88 bits per heavy atom. The lowest BCUT2D eigenvalue weighted by Gasteiger charge is -2.33. The normalized spacial score (nSPS) is 40.1. The molecule has 3 atom stereocenters.